The predicted octanol–water partition coefficient (Wildman–Crippen LogP) is 1.97. The minimum absolute atomic E-state index is 0.511. The summed E-state index contributed by atoms with van der Waals surface area (Å²) in [6.07, 6.45) is 5.95. The van der Waals surface area contributed by atoms with Crippen LogP contribution in [-0.4, -0.2) is 22.0 Å². The molecule has 19 heavy (non-hydrogen) atoms. The molecular weight excluding hydrogens is 238 g/mol. The van der Waals surface area contributed by atoms with Gasteiger partial charge in [0.1, 0.15) is 17.5 Å². The van der Waals surface area contributed by atoms with Gasteiger partial charge in [0, 0.05) is 38.0 Å². The molecule has 1 fully saturated rings. The second kappa shape index (κ2) is 4.84. The van der Waals surface area contributed by atoms with Crippen LogP contribution >= 0.6 is 0 Å². The molecule has 98 valence electrons. The molecule has 0 spiro atoms. The number of anilines is 2. The Morgan fingerprint density at radius 2 is 2.00 bits per heavy atom. The van der Waals surface area contributed by atoms with Gasteiger partial charge >= 0.3 is 0 Å². The molecule has 2 aromatic heterocycles. The van der Waals surface area contributed by atoms with Gasteiger partial charge in [-0.05, 0) is 30.5 Å². The Morgan fingerprint density at radius 3 is 2.68 bits per heavy atom. The zero-order chi connectivity index (χ0) is 13.2. The van der Waals surface area contributed by atoms with Crippen LogP contribution in [0.4, 0.5) is 11.6 Å². The van der Waals surface area contributed by atoms with Gasteiger partial charge in [-0.3, -0.25) is 4.98 Å². The average Bonchev–Trinajstić information content (AvgIpc) is 3.23. The van der Waals surface area contributed by atoms with Crippen molar-refractivity contribution in [2.45, 2.75) is 25.3 Å². The third-order valence-corrected chi connectivity index (χ3v) is 3.25. The third-order valence-electron chi connectivity index (χ3n) is 3.25. The molecule has 3 rings (SSSR count). The van der Waals surface area contributed by atoms with E-state index in [2.05, 4.69) is 19.9 Å². The topological polar surface area (TPSA) is 67.9 Å². The summed E-state index contributed by atoms with van der Waals surface area (Å²) in [6.45, 7) is 0.781. The molecule has 5 heteroatoms. The van der Waals surface area contributed by atoms with Crippen molar-refractivity contribution < 1.29 is 0 Å². The smallest absolute Gasteiger partial charge is 0.136 e. The van der Waals surface area contributed by atoms with E-state index in [0.29, 0.717) is 11.7 Å². The van der Waals surface area contributed by atoms with Gasteiger partial charge in [-0.1, -0.05) is 0 Å². The molecule has 0 aromatic carbocycles. The van der Waals surface area contributed by atoms with E-state index >= 15 is 0 Å². The fourth-order valence-corrected chi connectivity index (χ4v) is 2.03. The van der Waals surface area contributed by atoms with E-state index in [0.717, 1.165) is 18.2 Å². The number of nitrogens with two attached hydrogens (primary N) is 1. The van der Waals surface area contributed by atoms with Crippen molar-refractivity contribution in [2.24, 2.45) is 0 Å². The molecular formula is C14H17N5. The highest BCUT2D eigenvalue weighted by Gasteiger charge is 2.27. The maximum Gasteiger partial charge on any atom is 0.136 e. The molecule has 0 bridgehead atoms. The van der Waals surface area contributed by atoms with Gasteiger partial charge in [-0.15, -0.1) is 0 Å². The highest BCUT2D eigenvalue weighted by Crippen LogP contribution is 2.38. The van der Waals surface area contributed by atoms with Crippen molar-refractivity contribution in [3.63, 3.8) is 0 Å². The van der Waals surface area contributed by atoms with E-state index in [4.69, 9.17) is 5.73 Å². The normalized spacial score (nSPS) is 14.4. The molecule has 0 saturated heterocycles. The summed E-state index contributed by atoms with van der Waals surface area (Å²) in [5.74, 6) is 2.83. The molecule has 0 aliphatic heterocycles. The van der Waals surface area contributed by atoms with Crippen molar-refractivity contribution >= 4 is 11.6 Å². The Morgan fingerprint density at radius 1 is 1.26 bits per heavy atom. The fraction of sp³-hybridized carbons (Fsp3) is 0.357. The number of rotatable bonds is 4. The fourth-order valence-electron chi connectivity index (χ4n) is 2.03. The Bertz CT molecular complexity index is 565. The van der Waals surface area contributed by atoms with Gasteiger partial charge in [0.25, 0.3) is 0 Å². The zero-order valence-corrected chi connectivity index (χ0v) is 11.0. The van der Waals surface area contributed by atoms with Crippen LogP contribution in [0.15, 0.2) is 30.6 Å². The highest BCUT2D eigenvalue weighted by atomic mass is 15.2. The van der Waals surface area contributed by atoms with Crippen molar-refractivity contribution in [2.75, 3.05) is 17.7 Å². The molecule has 1 saturated carbocycles. The first-order valence-corrected chi connectivity index (χ1v) is 6.47. The Balaban J connectivity index is 1.81. The minimum atomic E-state index is 0.511. The molecule has 0 atom stereocenters. The van der Waals surface area contributed by atoms with Gasteiger partial charge in [0.15, 0.2) is 0 Å². The van der Waals surface area contributed by atoms with Crippen molar-refractivity contribution in [1.82, 2.24) is 15.0 Å². The first-order valence-electron chi connectivity index (χ1n) is 6.47. The van der Waals surface area contributed by atoms with Crippen LogP contribution in [0, 0.1) is 0 Å². The van der Waals surface area contributed by atoms with Gasteiger partial charge < -0.3 is 10.6 Å². The summed E-state index contributed by atoms with van der Waals surface area (Å²) in [7, 11) is 2.01. The van der Waals surface area contributed by atoms with Crippen LogP contribution in [0.1, 0.15) is 30.1 Å². The molecule has 0 amide bonds. The van der Waals surface area contributed by atoms with Crippen LogP contribution in [0.5, 0.6) is 0 Å². The maximum absolute atomic E-state index is 5.87. The molecule has 0 unspecified atom stereocenters. The lowest BCUT2D eigenvalue weighted by atomic mass is 10.2. The van der Waals surface area contributed by atoms with Gasteiger partial charge in [-0.25, -0.2) is 9.97 Å². The average molecular weight is 255 g/mol. The number of nitrogen functional groups attached to an aromatic ring is 1. The van der Waals surface area contributed by atoms with E-state index in [1.165, 1.54) is 18.4 Å². The molecule has 0 radical (unpaired) electrons. The molecule has 1 aliphatic rings. The second-order valence-corrected chi connectivity index (χ2v) is 5.00. The summed E-state index contributed by atoms with van der Waals surface area (Å²) >= 11 is 0. The third kappa shape index (κ3) is 2.81. The molecule has 2 aromatic rings. The largest absolute Gasteiger partial charge is 0.384 e. The number of hydrogen-bond acceptors (Lipinski definition) is 5. The number of pyridine rings is 1. The Hall–Kier alpha value is -2.17. The summed E-state index contributed by atoms with van der Waals surface area (Å²) in [5, 5.41) is 0. The van der Waals surface area contributed by atoms with Gasteiger partial charge in [-0.2, -0.15) is 0 Å². The van der Waals surface area contributed by atoms with Crippen LogP contribution in [0.25, 0.3) is 0 Å². The van der Waals surface area contributed by atoms with Gasteiger partial charge in [0.05, 0.1) is 0 Å². The van der Waals surface area contributed by atoms with Crippen molar-refractivity contribution in [1.29, 1.82) is 0 Å². The van der Waals surface area contributed by atoms with E-state index in [1.54, 1.807) is 12.4 Å². The van der Waals surface area contributed by atoms with Crippen LogP contribution in [0.3, 0.4) is 0 Å². The zero-order valence-electron chi connectivity index (χ0n) is 11.0. The number of nitrogens with zero attached hydrogens (tertiary/aromatic N) is 4. The maximum atomic E-state index is 5.87. The first kappa shape index (κ1) is 11.9. The lowest BCUT2D eigenvalue weighted by Gasteiger charge is -2.19. The van der Waals surface area contributed by atoms with E-state index in [9.17, 15) is 0 Å². The SMILES string of the molecule is CN(Cc1ccncc1)c1cc(N)nc(C2CC2)n1. The highest BCUT2D eigenvalue weighted by molar-refractivity contribution is 5.47. The summed E-state index contributed by atoms with van der Waals surface area (Å²) in [5.41, 5.74) is 7.07. The van der Waals surface area contributed by atoms with E-state index < -0.39 is 0 Å². The molecule has 2 N–H and O–H groups in total. The summed E-state index contributed by atoms with van der Waals surface area (Å²) in [6, 6.07) is 5.83. The second-order valence-electron chi connectivity index (χ2n) is 5.00. The Kier molecular flexibility index (Phi) is 3.03. The first-order chi connectivity index (χ1) is 9.22. The van der Waals surface area contributed by atoms with Crippen LogP contribution < -0.4 is 10.6 Å². The van der Waals surface area contributed by atoms with Gasteiger partial charge in [0.2, 0.25) is 0 Å². The van der Waals surface area contributed by atoms with Crippen molar-refractivity contribution in [3.8, 4) is 0 Å². The minimum Gasteiger partial charge on any atom is -0.384 e. The Labute approximate surface area is 112 Å². The molecule has 2 heterocycles. The van der Waals surface area contributed by atoms with Crippen LogP contribution in [-0.2, 0) is 6.54 Å². The molecule has 1 aliphatic carbocycles. The lowest BCUT2D eigenvalue weighted by Crippen LogP contribution is -2.19. The predicted molar refractivity (Wildman–Crippen MR) is 74.8 cm³/mol. The van der Waals surface area contributed by atoms with E-state index in [-0.39, 0.29) is 0 Å². The van der Waals surface area contributed by atoms with Crippen LogP contribution in [0.2, 0.25) is 0 Å². The molecule has 5 nitrogen and oxygen atoms in total. The summed E-state index contributed by atoms with van der Waals surface area (Å²) < 4.78 is 0. The van der Waals surface area contributed by atoms with E-state index in [1.807, 2.05) is 25.2 Å². The quantitative estimate of drug-likeness (QED) is 0.904. The summed E-state index contributed by atoms with van der Waals surface area (Å²) in [4.78, 5) is 15.0. The monoisotopic (exact) mass is 255 g/mol. The number of aromatic nitrogens is 3. The number of hydrogen-bond donors (Lipinski definition) is 1. The standard InChI is InChI=1S/C14H17N5/c1-19(9-10-4-6-16-7-5-10)13-8-12(15)17-14(18-13)11-2-3-11/h4-8,11H,2-3,9H2,1H3,(H2,15,17,18). The lowest BCUT2D eigenvalue weighted by molar-refractivity contribution is 0.855. The van der Waals surface area contributed by atoms with Crippen molar-refractivity contribution in [3.05, 3.63) is 42.0 Å².